The maximum atomic E-state index is 12.4. The number of benzene rings is 2. The van der Waals surface area contributed by atoms with Crippen LogP contribution >= 0.6 is 0 Å². The van der Waals surface area contributed by atoms with E-state index in [1.165, 1.54) is 7.11 Å². The number of nitrogens with zero attached hydrogens (tertiary/aromatic N) is 1. The first-order valence-electron chi connectivity index (χ1n) is 9.27. The summed E-state index contributed by atoms with van der Waals surface area (Å²) in [7, 11) is 1.28. The molecule has 1 fully saturated rings. The van der Waals surface area contributed by atoms with Crippen LogP contribution < -0.4 is 0 Å². The number of hydrogen-bond acceptors (Lipinski definition) is 8. The molecule has 4 N–H and O–H groups in total. The number of rotatable bonds is 4. The molecular weight excluding hydrogens is 392 g/mol. The van der Waals surface area contributed by atoms with Gasteiger partial charge in [0.15, 0.2) is 5.78 Å². The first kappa shape index (κ1) is 20.2. The average Bonchev–Trinajstić information content (AvgIpc) is 3.20. The smallest absolute Gasteiger partial charge is 0.374 e. The second-order valence-electron chi connectivity index (χ2n) is 7.01. The van der Waals surface area contributed by atoms with Gasteiger partial charge in [-0.3, -0.25) is 4.79 Å². The van der Waals surface area contributed by atoms with Gasteiger partial charge in [0.1, 0.15) is 24.4 Å². The number of esters is 1. The van der Waals surface area contributed by atoms with E-state index >= 15 is 0 Å². The fourth-order valence-electron chi connectivity index (χ4n) is 3.51. The van der Waals surface area contributed by atoms with Gasteiger partial charge in [0, 0.05) is 0 Å². The standard InChI is InChI=1S/C21H20N2O7/c1-29-21(28)20-22-13-6-5-11(8-14(13)23-20)10-3-2-4-12(7-10)19-18(27)17(26)16(25)15(9-24)30-19/h2-8,15-17,19,24-26H,9H2,1H3,(H,22,23). The van der Waals surface area contributed by atoms with E-state index in [0.29, 0.717) is 16.6 Å². The number of carbonyl (C=O) groups is 2. The number of nitrogens with one attached hydrogen (secondary N) is 1. The first-order chi connectivity index (χ1) is 14.4. The Hall–Kier alpha value is -3.11. The minimum Gasteiger partial charge on any atom is -0.463 e. The summed E-state index contributed by atoms with van der Waals surface area (Å²) >= 11 is 0. The lowest BCUT2D eigenvalue weighted by atomic mass is 9.91. The molecule has 0 spiro atoms. The summed E-state index contributed by atoms with van der Waals surface area (Å²) < 4.78 is 10.2. The molecular formula is C21H20N2O7. The van der Waals surface area contributed by atoms with E-state index in [-0.39, 0.29) is 5.82 Å². The zero-order valence-corrected chi connectivity index (χ0v) is 16.0. The molecule has 0 amide bonds. The van der Waals surface area contributed by atoms with Gasteiger partial charge in [-0.05, 0) is 34.9 Å². The molecule has 3 aromatic rings. The number of Topliss-reactive ketones (excluding diaryl/α,β-unsaturated/α-hetero) is 1. The average molecular weight is 412 g/mol. The Labute approximate surface area is 170 Å². The van der Waals surface area contributed by atoms with Gasteiger partial charge in [-0.2, -0.15) is 0 Å². The molecule has 2 aromatic carbocycles. The number of H-pyrrole nitrogens is 1. The molecule has 1 aromatic heterocycles. The number of aliphatic hydroxyl groups excluding tert-OH is 3. The molecule has 0 radical (unpaired) electrons. The van der Waals surface area contributed by atoms with Crippen LogP contribution in [0.4, 0.5) is 0 Å². The van der Waals surface area contributed by atoms with Crippen LogP contribution in [-0.2, 0) is 14.3 Å². The zero-order chi connectivity index (χ0) is 21.4. The number of carbonyl (C=O) groups excluding carboxylic acids is 2. The van der Waals surface area contributed by atoms with Crippen LogP contribution in [0, 0.1) is 0 Å². The fourth-order valence-corrected chi connectivity index (χ4v) is 3.51. The number of fused-ring (bicyclic) bond motifs is 1. The van der Waals surface area contributed by atoms with Gasteiger partial charge in [0.05, 0.1) is 24.8 Å². The number of imidazole rings is 1. The fraction of sp³-hybridized carbons (Fsp3) is 0.286. The van der Waals surface area contributed by atoms with E-state index < -0.39 is 42.8 Å². The summed E-state index contributed by atoms with van der Waals surface area (Å²) in [4.78, 5) is 31.2. The summed E-state index contributed by atoms with van der Waals surface area (Å²) in [5.41, 5.74) is 3.29. The largest absolute Gasteiger partial charge is 0.463 e. The van der Waals surface area contributed by atoms with E-state index in [1.54, 1.807) is 24.3 Å². The van der Waals surface area contributed by atoms with Crippen molar-refractivity contribution in [2.75, 3.05) is 13.7 Å². The van der Waals surface area contributed by atoms with Gasteiger partial charge < -0.3 is 29.8 Å². The molecule has 1 aliphatic heterocycles. The molecule has 0 aliphatic carbocycles. The Balaban J connectivity index is 1.68. The molecule has 2 heterocycles. The highest BCUT2D eigenvalue weighted by atomic mass is 16.5. The zero-order valence-electron chi connectivity index (χ0n) is 16.0. The molecule has 9 heteroatoms. The Morgan fingerprint density at radius 1 is 1.20 bits per heavy atom. The summed E-state index contributed by atoms with van der Waals surface area (Å²) in [6.45, 7) is -0.527. The number of aliphatic hydroxyl groups is 3. The molecule has 0 bridgehead atoms. The molecule has 4 atom stereocenters. The second-order valence-corrected chi connectivity index (χ2v) is 7.01. The van der Waals surface area contributed by atoms with Crippen LogP contribution in [-0.4, -0.2) is 69.1 Å². The van der Waals surface area contributed by atoms with Gasteiger partial charge >= 0.3 is 5.97 Å². The maximum absolute atomic E-state index is 12.4. The lowest BCUT2D eigenvalue weighted by Gasteiger charge is -2.35. The maximum Gasteiger partial charge on any atom is 0.374 e. The highest BCUT2D eigenvalue weighted by molar-refractivity contribution is 5.92. The van der Waals surface area contributed by atoms with Gasteiger partial charge in [0.2, 0.25) is 5.82 Å². The number of ketones is 1. The van der Waals surface area contributed by atoms with E-state index in [1.807, 2.05) is 18.2 Å². The first-order valence-corrected chi connectivity index (χ1v) is 9.27. The van der Waals surface area contributed by atoms with Crippen molar-refractivity contribution in [3.8, 4) is 11.1 Å². The third kappa shape index (κ3) is 3.48. The van der Waals surface area contributed by atoms with Crippen LogP contribution in [0.2, 0.25) is 0 Å². The summed E-state index contributed by atoms with van der Waals surface area (Å²) in [6.07, 6.45) is -5.29. The molecule has 1 saturated heterocycles. The van der Waals surface area contributed by atoms with Crippen molar-refractivity contribution in [1.29, 1.82) is 0 Å². The highest BCUT2D eigenvalue weighted by Gasteiger charge is 2.43. The quantitative estimate of drug-likeness (QED) is 0.460. The van der Waals surface area contributed by atoms with Crippen molar-refractivity contribution in [2.24, 2.45) is 0 Å². The second kappa shape index (κ2) is 7.96. The van der Waals surface area contributed by atoms with Crippen LogP contribution in [0.1, 0.15) is 22.3 Å². The number of hydrogen-bond donors (Lipinski definition) is 4. The molecule has 0 saturated carbocycles. The predicted octanol–water partition coefficient (Wildman–Crippen LogP) is 0.740. The Kier molecular flexibility index (Phi) is 5.35. The van der Waals surface area contributed by atoms with E-state index in [0.717, 1.165) is 11.1 Å². The summed E-state index contributed by atoms with van der Waals surface area (Å²) in [6, 6.07) is 12.4. The minimum absolute atomic E-state index is 0.0993. The molecule has 30 heavy (non-hydrogen) atoms. The Bertz CT molecular complexity index is 1110. The summed E-state index contributed by atoms with van der Waals surface area (Å²) in [5.74, 6) is -1.14. The van der Waals surface area contributed by atoms with Crippen molar-refractivity contribution in [3.63, 3.8) is 0 Å². The van der Waals surface area contributed by atoms with Crippen molar-refractivity contribution in [1.82, 2.24) is 9.97 Å². The SMILES string of the molecule is COC(=O)c1nc2ccc(-c3cccc(C4OC(CO)C(O)C(O)C4=O)c3)cc2[nH]1. The van der Waals surface area contributed by atoms with Gasteiger partial charge in [-0.1, -0.05) is 24.3 Å². The van der Waals surface area contributed by atoms with E-state index in [2.05, 4.69) is 14.7 Å². The molecule has 156 valence electrons. The molecule has 1 aliphatic rings. The van der Waals surface area contributed by atoms with Gasteiger partial charge in [-0.25, -0.2) is 9.78 Å². The van der Waals surface area contributed by atoms with Gasteiger partial charge in [-0.15, -0.1) is 0 Å². The predicted molar refractivity (Wildman–Crippen MR) is 105 cm³/mol. The normalized spacial score (nSPS) is 24.2. The van der Waals surface area contributed by atoms with Gasteiger partial charge in [0.25, 0.3) is 0 Å². The van der Waals surface area contributed by atoms with Crippen molar-refractivity contribution in [2.45, 2.75) is 24.4 Å². The van der Waals surface area contributed by atoms with Crippen molar-refractivity contribution >= 4 is 22.8 Å². The number of ether oxygens (including phenoxy) is 2. The highest BCUT2D eigenvalue weighted by Crippen LogP contribution is 2.32. The van der Waals surface area contributed by atoms with Crippen LogP contribution in [0.3, 0.4) is 0 Å². The van der Waals surface area contributed by atoms with E-state index in [4.69, 9.17) is 4.74 Å². The molecule has 4 rings (SSSR count). The Morgan fingerprint density at radius 2 is 1.97 bits per heavy atom. The third-order valence-corrected chi connectivity index (χ3v) is 5.13. The molecule has 9 nitrogen and oxygen atoms in total. The van der Waals surface area contributed by atoms with Crippen LogP contribution in [0.15, 0.2) is 42.5 Å². The topological polar surface area (TPSA) is 142 Å². The van der Waals surface area contributed by atoms with Crippen LogP contribution in [0.5, 0.6) is 0 Å². The monoisotopic (exact) mass is 412 g/mol. The van der Waals surface area contributed by atoms with Crippen LogP contribution in [0.25, 0.3) is 22.2 Å². The Morgan fingerprint density at radius 3 is 2.70 bits per heavy atom. The minimum atomic E-state index is -1.64. The number of aromatic nitrogens is 2. The number of aromatic amines is 1. The summed E-state index contributed by atoms with van der Waals surface area (Å²) in [5, 5.41) is 29.3. The number of methoxy groups -OCH3 is 1. The lowest BCUT2D eigenvalue weighted by molar-refractivity contribution is -0.189. The lowest BCUT2D eigenvalue weighted by Crippen LogP contribution is -2.53. The van der Waals surface area contributed by atoms with E-state index in [9.17, 15) is 24.9 Å². The van der Waals surface area contributed by atoms with Crippen molar-refractivity contribution in [3.05, 3.63) is 53.9 Å². The third-order valence-electron chi connectivity index (χ3n) is 5.13. The molecule has 4 unspecified atom stereocenters. The van der Waals surface area contributed by atoms with Crippen molar-refractivity contribution < 1.29 is 34.4 Å².